The lowest BCUT2D eigenvalue weighted by Gasteiger charge is -2.13. The van der Waals surface area contributed by atoms with Crippen LogP contribution in [0.2, 0.25) is 0 Å². The molecule has 1 unspecified atom stereocenters. The molecule has 136 valence electrons. The summed E-state index contributed by atoms with van der Waals surface area (Å²) in [6.07, 6.45) is 10.1. The Bertz CT molecular complexity index is 813. The predicted molar refractivity (Wildman–Crippen MR) is 112 cm³/mol. The van der Waals surface area contributed by atoms with E-state index >= 15 is 0 Å². The van der Waals surface area contributed by atoms with Crippen molar-refractivity contribution >= 4 is 5.57 Å². The molecule has 0 fully saturated rings. The van der Waals surface area contributed by atoms with Crippen molar-refractivity contribution in [2.45, 2.75) is 40.5 Å². The van der Waals surface area contributed by atoms with Gasteiger partial charge in [0.1, 0.15) is 0 Å². The summed E-state index contributed by atoms with van der Waals surface area (Å²) in [5.74, 6) is 0.0927. The van der Waals surface area contributed by atoms with Gasteiger partial charge in [0, 0.05) is 23.2 Å². The quantitative estimate of drug-likeness (QED) is 0.448. The molecule has 1 N–H and O–H groups in total. The van der Waals surface area contributed by atoms with Gasteiger partial charge in [-0.3, -0.25) is 4.98 Å². The van der Waals surface area contributed by atoms with Crippen LogP contribution in [0.15, 0.2) is 67.1 Å². The number of nitrogens with zero attached hydrogens (tertiary/aromatic N) is 1. The van der Waals surface area contributed by atoms with E-state index in [0.717, 1.165) is 40.8 Å². The third-order valence-electron chi connectivity index (χ3n) is 4.49. The molecule has 0 saturated heterocycles. The number of hydrogen-bond donors (Lipinski definition) is 1. The van der Waals surface area contributed by atoms with Gasteiger partial charge < -0.3 is 5.11 Å². The van der Waals surface area contributed by atoms with E-state index < -0.39 is 0 Å². The Balaban J connectivity index is 2.52. The Morgan fingerprint density at radius 2 is 1.92 bits per heavy atom. The largest absolute Gasteiger partial charge is 0.512 e. The zero-order valence-corrected chi connectivity index (χ0v) is 16.3. The summed E-state index contributed by atoms with van der Waals surface area (Å²) < 4.78 is 0. The first-order valence-corrected chi connectivity index (χ1v) is 9.28. The van der Waals surface area contributed by atoms with E-state index in [2.05, 4.69) is 69.8 Å². The lowest BCUT2D eigenvalue weighted by Crippen LogP contribution is -1.96. The van der Waals surface area contributed by atoms with E-state index in [0.29, 0.717) is 0 Å². The third-order valence-corrected chi connectivity index (χ3v) is 4.49. The molecular formula is C24H29NO. The molecule has 0 spiro atoms. The van der Waals surface area contributed by atoms with Crippen molar-refractivity contribution in [1.29, 1.82) is 0 Å². The van der Waals surface area contributed by atoms with Gasteiger partial charge in [-0.25, -0.2) is 0 Å². The average molecular weight is 348 g/mol. The molecule has 1 aromatic carbocycles. The summed E-state index contributed by atoms with van der Waals surface area (Å²) in [5.41, 5.74) is 6.78. The Morgan fingerprint density at radius 1 is 1.23 bits per heavy atom. The van der Waals surface area contributed by atoms with E-state index in [4.69, 9.17) is 4.98 Å². The molecule has 0 radical (unpaired) electrons. The van der Waals surface area contributed by atoms with Gasteiger partial charge in [0.05, 0.1) is 11.5 Å². The zero-order chi connectivity index (χ0) is 19.1. The van der Waals surface area contributed by atoms with E-state index in [9.17, 15) is 5.11 Å². The van der Waals surface area contributed by atoms with Crippen LogP contribution < -0.4 is 0 Å². The molecule has 2 nitrogen and oxygen atoms in total. The molecule has 0 amide bonds. The maximum atomic E-state index is 9.58. The Kier molecular flexibility index (Phi) is 6.97. The first kappa shape index (κ1) is 19.7. The molecule has 0 aliphatic heterocycles. The fourth-order valence-corrected chi connectivity index (χ4v) is 2.76. The highest BCUT2D eigenvalue weighted by Crippen LogP contribution is 2.30. The van der Waals surface area contributed by atoms with Crippen molar-refractivity contribution in [3.8, 4) is 11.3 Å². The molecule has 0 aliphatic carbocycles. The van der Waals surface area contributed by atoms with Crippen LogP contribution in [0.5, 0.6) is 0 Å². The van der Waals surface area contributed by atoms with Crippen molar-refractivity contribution in [2.75, 3.05) is 0 Å². The average Bonchev–Trinajstić information content (AvgIpc) is 2.64. The summed E-state index contributed by atoms with van der Waals surface area (Å²) in [5, 5.41) is 9.58. The first-order chi connectivity index (χ1) is 12.5. The minimum atomic E-state index is -0.0830. The molecule has 1 atom stereocenters. The standard InChI is InChI=1S/C24H29NO/c1-6-8-21(12-9-18(4)19(5)26)23-15-17(3)16-25-24(23)22-13-10-20(7-2)11-14-22/h8-16,18,26H,5-7H2,1-4H3/b12-9-,21-8+. The summed E-state index contributed by atoms with van der Waals surface area (Å²) in [4.78, 5) is 4.73. The molecule has 2 aromatic rings. The SMILES string of the molecule is C=C(O)C(C)/C=C\C(=C/CC)c1cc(C)cnc1-c1ccc(CC)cc1. The minimum absolute atomic E-state index is 0.0830. The molecule has 0 aliphatic rings. The summed E-state index contributed by atoms with van der Waals surface area (Å²) in [6.45, 7) is 11.9. The molecule has 0 saturated carbocycles. The molecule has 2 heteroatoms. The monoisotopic (exact) mass is 347 g/mol. The second-order valence-electron chi connectivity index (χ2n) is 6.67. The maximum absolute atomic E-state index is 9.58. The van der Waals surface area contributed by atoms with Crippen molar-refractivity contribution in [3.05, 3.63) is 83.8 Å². The topological polar surface area (TPSA) is 33.1 Å². The van der Waals surface area contributed by atoms with Gasteiger partial charge in [-0.1, -0.05) is 69.8 Å². The summed E-state index contributed by atoms with van der Waals surface area (Å²) in [6, 6.07) is 10.8. The molecule has 26 heavy (non-hydrogen) atoms. The highest BCUT2D eigenvalue weighted by atomic mass is 16.3. The van der Waals surface area contributed by atoms with Crippen LogP contribution in [0.25, 0.3) is 16.8 Å². The van der Waals surface area contributed by atoms with Gasteiger partial charge in [-0.2, -0.15) is 0 Å². The van der Waals surface area contributed by atoms with Crippen molar-refractivity contribution in [2.24, 2.45) is 5.92 Å². The number of aliphatic hydroxyl groups is 1. The fraction of sp³-hybridized carbons (Fsp3) is 0.292. The van der Waals surface area contributed by atoms with E-state index in [-0.39, 0.29) is 11.7 Å². The summed E-state index contributed by atoms with van der Waals surface area (Å²) >= 11 is 0. The number of pyridine rings is 1. The fourth-order valence-electron chi connectivity index (χ4n) is 2.76. The Hall–Kier alpha value is -2.61. The van der Waals surface area contributed by atoms with Gasteiger partial charge in [0.25, 0.3) is 0 Å². The number of aromatic nitrogens is 1. The second kappa shape index (κ2) is 9.19. The number of rotatable bonds is 7. The van der Waals surface area contributed by atoms with E-state index in [1.165, 1.54) is 5.56 Å². The number of benzene rings is 1. The van der Waals surface area contributed by atoms with Crippen LogP contribution in [0, 0.1) is 12.8 Å². The number of aryl methyl sites for hydroxylation is 2. The molecule has 1 heterocycles. The highest BCUT2D eigenvalue weighted by molar-refractivity contribution is 5.84. The lowest BCUT2D eigenvalue weighted by molar-refractivity contribution is 0.368. The van der Waals surface area contributed by atoms with E-state index in [1.807, 2.05) is 19.2 Å². The second-order valence-corrected chi connectivity index (χ2v) is 6.67. The van der Waals surface area contributed by atoms with Crippen molar-refractivity contribution < 1.29 is 5.11 Å². The highest BCUT2D eigenvalue weighted by Gasteiger charge is 2.11. The van der Waals surface area contributed by atoms with Gasteiger partial charge in [0.2, 0.25) is 0 Å². The van der Waals surface area contributed by atoms with Crippen LogP contribution in [0.4, 0.5) is 0 Å². The maximum Gasteiger partial charge on any atom is 0.0916 e. The van der Waals surface area contributed by atoms with E-state index in [1.54, 1.807) is 0 Å². The number of allylic oxidation sites excluding steroid dienone is 4. The predicted octanol–water partition coefficient (Wildman–Crippen LogP) is 6.68. The smallest absolute Gasteiger partial charge is 0.0916 e. The van der Waals surface area contributed by atoms with Gasteiger partial charge in [0.15, 0.2) is 0 Å². The number of aliphatic hydroxyl groups excluding tert-OH is 1. The van der Waals surface area contributed by atoms with Crippen LogP contribution in [-0.4, -0.2) is 10.1 Å². The lowest BCUT2D eigenvalue weighted by atomic mass is 9.95. The Labute approximate surface area is 157 Å². The van der Waals surface area contributed by atoms with Crippen molar-refractivity contribution in [3.63, 3.8) is 0 Å². The molecule has 2 rings (SSSR count). The van der Waals surface area contributed by atoms with Gasteiger partial charge in [-0.15, -0.1) is 0 Å². The summed E-state index contributed by atoms with van der Waals surface area (Å²) in [7, 11) is 0. The van der Waals surface area contributed by atoms with Crippen LogP contribution in [0.1, 0.15) is 43.9 Å². The van der Waals surface area contributed by atoms with Gasteiger partial charge >= 0.3 is 0 Å². The molecule has 0 bridgehead atoms. The normalized spacial score (nSPS) is 13.2. The van der Waals surface area contributed by atoms with Crippen LogP contribution in [-0.2, 0) is 6.42 Å². The van der Waals surface area contributed by atoms with Crippen LogP contribution >= 0.6 is 0 Å². The zero-order valence-electron chi connectivity index (χ0n) is 16.3. The van der Waals surface area contributed by atoms with Crippen LogP contribution in [0.3, 0.4) is 0 Å². The van der Waals surface area contributed by atoms with Gasteiger partial charge in [-0.05, 0) is 42.5 Å². The molecule has 1 aromatic heterocycles. The Morgan fingerprint density at radius 3 is 2.50 bits per heavy atom. The molecular weight excluding hydrogens is 318 g/mol. The minimum Gasteiger partial charge on any atom is -0.512 e. The first-order valence-electron chi connectivity index (χ1n) is 9.28. The third kappa shape index (κ3) is 4.95. The number of hydrogen-bond acceptors (Lipinski definition) is 2. The van der Waals surface area contributed by atoms with Crippen molar-refractivity contribution in [1.82, 2.24) is 4.98 Å².